The quantitative estimate of drug-likeness (QED) is 0.801. The summed E-state index contributed by atoms with van der Waals surface area (Å²) >= 11 is 1.95. The summed E-state index contributed by atoms with van der Waals surface area (Å²) < 4.78 is 0. The molecule has 0 spiro atoms. The zero-order chi connectivity index (χ0) is 11.5. The summed E-state index contributed by atoms with van der Waals surface area (Å²) in [4.78, 5) is 4.63. The van der Waals surface area contributed by atoms with Crippen molar-refractivity contribution in [2.75, 3.05) is 6.54 Å². The van der Waals surface area contributed by atoms with Crippen LogP contribution in [0.2, 0.25) is 0 Å². The van der Waals surface area contributed by atoms with E-state index in [0.717, 1.165) is 18.4 Å². The minimum Gasteiger partial charge on any atom is -0.362 e. The van der Waals surface area contributed by atoms with Gasteiger partial charge in [0.15, 0.2) is 5.17 Å². The number of aliphatic imine (C=N–C) groups is 1. The average molecular weight is 240 g/mol. The molecule has 92 valence electrons. The van der Waals surface area contributed by atoms with Gasteiger partial charge in [-0.15, -0.1) is 0 Å². The van der Waals surface area contributed by atoms with Crippen molar-refractivity contribution in [2.24, 2.45) is 16.8 Å². The fraction of sp³-hybridized carbons (Fsp3) is 0.923. The molecule has 0 bridgehead atoms. The normalized spacial score (nSPS) is 35.2. The molecule has 0 saturated heterocycles. The Morgan fingerprint density at radius 1 is 1.38 bits per heavy atom. The van der Waals surface area contributed by atoms with Crippen molar-refractivity contribution >= 4 is 16.9 Å². The number of amidine groups is 1. The lowest BCUT2D eigenvalue weighted by molar-refractivity contribution is 0.327. The molecule has 2 rings (SSSR count). The van der Waals surface area contributed by atoms with E-state index in [2.05, 4.69) is 31.1 Å². The van der Waals surface area contributed by atoms with Gasteiger partial charge in [-0.25, -0.2) is 0 Å². The Balaban J connectivity index is 1.78. The van der Waals surface area contributed by atoms with Gasteiger partial charge in [0, 0.05) is 11.3 Å². The van der Waals surface area contributed by atoms with E-state index in [1.807, 2.05) is 11.8 Å². The van der Waals surface area contributed by atoms with Crippen molar-refractivity contribution in [3.05, 3.63) is 0 Å². The van der Waals surface area contributed by atoms with Crippen molar-refractivity contribution < 1.29 is 0 Å². The maximum absolute atomic E-state index is 4.63. The van der Waals surface area contributed by atoms with E-state index >= 15 is 0 Å². The lowest BCUT2D eigenvalue weighted by Crippen LogP contribution is -2.36. The molecule has 1 aliphatic carbocycles. The Morgan fingerprint density at radius 3 is 2.81 bits per heavy atom. The van der Waals surface area contributed by atoms with Crippen molar-refractivity contribution in [1.29, 1.82) is 0 Å². The highest BCUT2D eigenvalue weighted by molar-refractivity contribution is 8.14. The van der Waals surface area contributed by atoms with E-state index < -0.39 is 0 Å². The summed E-state index contributed by atoms with van der Waals surface area (Å²) in [6.45, 7) is 7.96. The summed E-state index contributed by atoms with van der Waals surface area (Å²) in [5.74, 6) is 1.62. The van der Waals surface area contributed by atoms with Crippen LogP contribution in [0.25, 0.3) is 0 Å². The van der Waals surface area contributed by atoms with Crippen LogP contribution in [0.4, 0.5) is 0 Å². The molecule has 0 aromatic rings. The molecule has 1 aliphatic heterocycles. The Labute approximate surface area is 104 Å². The van der Waals surface area contributed by atoms with E-state index in [1.54, 1.807) is 0 Å². The van der Waals surface area contributed by atoms with Gasteiger partial charge in [-0.05, 0) is 24.7 Å². The highest BCUT2D eigenvalue weighted by Crippen LogP contribution is 2.28. The van der Waals surface area contributed by atoms with Gasteiger partial charge >= 0.3 is 0 Å². The van der Waals surface area contributed by atoms with E-state index in [9.17, 15) is 0 Å². The number of nitrogens with zero attached hydrogens (tertiary/aromatic N) is 1. The number of hydrogen-bond acceptors (Lipinski definition) is 3. The summed E-state index contributed by atoms with van der Waals surface area (Å²) in [7, 11) is 0. The van der Waals surface area contributed by atoms with Crippen LogP contribution in [0.1, 0.15) is 46.5 Å². The summed E-state index contributed by atoms with van der Waals surface area (Å²) in [5, 5.41) is 5.55. The smallest absolute Gasteiger partial charge is 0.157 e. The molecule has 3 heteroatoms. The molecule has 3 unspecified atom stereocenters. The first-order valence-electron chi connectivity index (χ1n) is 6.62. The van der Waals surface area contributed by atoms with Crippen LogP contribution in [0, 0.1) is 11.8 Å². The number of hydrogen-bond donors (Lipinski definition) is 1. The molecule has 0 aromatic heterocycles. The highest BCUT2D eigenvalue weighted by Gasteiger charge is 2.25. The minimum absolute atomic E-state index is 0.681. The number of rotatable bonds is 2. The molecule has 2 nitrogen and oxygen atoms in total. The Bertz CT molecular complexity index is 263. The molecule has 2 aliphatic rings. The molecule has 1 saturated carbocycles. The Kier molecular flexibility index (Phi) is 4.17. The largest absolute Gasteiger partial charge is 0.362 e. The molecule has 0 amide bonds. The summed E-state index contributed by atoms with van der Waals surface area (Å²) in [5.41, 5.74) is 0. The van der Waals surface area contributed by atoms with Gasteiger partial charge in [0.1, 0.15) is 0 Å². The van der Waals surface area contributed by atoms with Crippen LogP contribution in [0.3, 0.4) is 0 Å². The molecule has 3 atom stereocenters. The number of thioether (sulfide) groups is 1. The highest BCUT2D eigenvalue weighted by atomic mass is 32.2. The third-order valence-electron chi connectivity index (χ3n) is 3.69. The van der Waals surface area contributed by atoms with E-state index in [1.165, 1.54) is 30.9 Å². The predicted molar refractivity (Wildman–Crippen MR) is 73.1 cm³/mol. The second kappa shape index (κ2) is 5.44. The van der Waals surface area contributed by atoms with Crippen molar-refractivity contribution in [2.45, 2.75) is 57.7 Å². The molecule has 0 radical (unpaired) electrons. The van der Waals surface area contributed by atoms with Gasteiger partial charge in [-0.2, -0.15) is 0 Å². The molecule has 16 heavy (non-hydrogen) atoms. The second-order valence-electron chi connectivity index (χ2n) is 5.66. The van der Waals surface area contributed by atoms with Gasteiger partial charge in [0.25, 0.3) is 0 Å². The summed E-state index contributed by atoms with van der Waals surface area (Å²) in [6.07, 6.45) is 5.44. The first kappa shape index (κ1) is 12.3. The SMILES string of the molecule is CC1CCCC(NC2=NCC(C(C)C)S2)C1. The van der Waals surface area contributed by atoms with E-state index in [4.69, 9.17) is 0 Å². The van der Waals surface area contributed by atoms with Crippen LogP contribution in [0.15, 0.2) is 4.99 Å². The Morgan fingerprint density at radius 2 is 2.19 bits per heavy atom. The first-order chi connectivity index (χ1) is 7.65. The minimum atomic E-state index is 0.681. The van der Waals surface area contributed by atoms with Gasteiger partial charge < -0.3 is 5.32 Å². The van der Waals surface area contributed by atoms with Crippen molar-refractivity contribution in [3.63, 3.8) is 0 Å². The second-order valence-corrected chi connectivity index (χ2v) is 6.89. The van der Waals surface area contributed by atoms with E-state index in [-0.39, 0.29) is 0 Å². The van der Waals surface area contributed by atoms with E-state index in [0.29, 0.717) is 11.3 Å². The standard InChI is InChI=1S/C13H24N2S/c1-9(2)12-8-14-13(16-12)15-11-6-4-5-10(3)7-11/h9-12H,4-8H2,1-3H3,(H,14,15). The predicted octanol–water partition coefficient (Wildman–Crippen LogP) is 3.28. The molecular formula is C13H24N2S. The van der Waals surface area contributed by atoms with Gasteiger partial charge in [-0.3, -0.25) is 4.99 Å². The Hall–Kier alpha value is -0.180. The molecule has 0 aromatic carbocycles. The van der Waals surface area contributed by atoms with Crippen LogP contribution >= 0.6 is 11.8 Å². The average Bonchev–Trinajstić information content (AvgIpc) is 2.66. The molecule has 1 fully saturated rings. The van der Waals surface area contributed by atoms with Crippen LogP contribution in [0.5, 0.6) is 0 Å². The van der Waals surface area contributed by atoms with Gasteiger partial charge in [0.2, 0.25) is 0 Å². The monoisotopic (exact) mass is 240 g/mol. The van der Waals surface area contributed by atoms with Crippen LogP contribution in [-0.2, 0) is 0 Å². The van der Waals surface area contributed by atoms with Gasteiger partial charge in [0.05, 0.1) is 6.54 Å². The lowest BCUT2D eigenvalue weighted by atomic mass is 9.87. The zero-order valence-electron chi connectivity index (χ0n) is 10.7. The van der Waals surface area contributed by atoms with Crippen LogP contribution in [-0.4, -0.2) is 23.0 Å². The molecule has 1 heterocycles. The topological polar surface area (TPSA) is 24.4 Å². The van der Waals surface area contributed by atoms with Crippen molar-refractivity contribution in [1.82, 2.24) is 5.32 Å². The third kappa shape index (κ3) is 3.16. The molecule has 1 N–H and O–H groups in total. The number of nitrogens with one attached hydrogen (secondary N) is 1. The fourth-order valence-corrected chi connectivity index (χ4v) is 3.65. The van der Waals surface area contributed by atoms with Crippen LogP contribution < -0.4 is 5.32 Å². The fourth-order valence-electron chi connectivity index (χ4n) is 2.56. The third-order valence-corrected chi connectivity index (χ3v) is 5.15. The molecular weight excluding hydrogens is 216 g/mol. The zero-order valence-corrected chi connectivity index (χ0v) is 11.5. The summed E-state index contributed by atoms with van der Waals surface area (Å²) in [6, 6.07) is 0.681. The maximum atomic E-state index is 4.63. The maximum Gasteiger partial charge on any atom is 0.157 e. The van der Waals surface area contributed by atoms with Gasteiger partial charge in [-0.1, -0.05) is 45.4 Å². The lowest BCUT2D eigenvalue weighted by Gasteiger charge is -2.28. The van der Waals surface area contributed by atoms with Crippen molar-refractivity contribution in [3.8, 4) is 0 Å². The first-order valence-corrected chi connectivity index (χ1v) is 7.50.